The second-order valence-corrected chi connectivity index (χ2v) is 11.9. The van der Waals surface area contributed by atoms with Gasteiger partial charge in [0.25, 0.3) is 11.8 Å². The van der Waals surface area contributed by atoms with Crippen LogP contribution in [-0.4, -0.2) is 64.1 Å². The number of benzene rings is 1. The van der Waals surface area contributed by atoms with Gasteiger partial charge in [-0.1, -0.05) is 17.9 Å². The van der Waals surface area contributed by atoms with Crippen LogP contribution in [0.4, 0.5) is 5.82 Å². The van der Waals surface area contributed by atoms with Gasteiger partial charge in [-0.05, 0) is 55.5 Å². The number of anilines is 1. The van der Waals surface area contributed by atoms with Gasteiger partial charge >= 0.3 is 0 Å². The van der Waals surface area contributed by atoms with E-state index < -0.39 is 11.9 Å². The number of imide groups is 1. The Labute approximate surface area is 263 Å². The fraction of sp³-hybridized carbons (Fsp3) is 0.344. The van der Waals surface area contributed by atoms with Gasteiger partial charge in [-0.25, -0.2) is 9.97 Å². The van der Waals surface area contributed by atoms with Crippen molar-refractivity contribution >= 4 is 46.7 Å². The molecule has 1 aliphatic carbocycles. The zero-order valence-corrected chi connectivity index (χ0v) is 25.3. The van der Waals surface area contributed by atoms with Crippen molar-refractivity contribution in [2.75, 3.05) is 19.0 Å². The van der Waals surface area contributed by atoms with E-state index in [0.29, 0.717) is 51.7 Å². The summed E-state index contributed by atoms with van der Waals surface area (Å²) < 4.78 is 5.91. The minimum Gasteiger partial charge on any atom is -0.476 e. The molecule has 3 aliphatic rings. The van der Waals surface area contributed by atoms with Gasteiger partial charge in [-0.3, -0.25) is 29.3 Å². The fourth-order valence-electron chi connectivity index (χ4n) is 5.18. The summed E-state index contributed by atoms with van der Waals surface area (Å²) in [6.07, 6.45) is 4.92. The Hall–Kier alpha value is -5.09. The summed E-state index contributed by atoms with van der Waals surface area (Å²) >= 11 is 1.19. The van der Waals surface area contributed by atoms with Gasteiger partial charge in [0.15, 0.2) is 4.88 Å². The highest BCUT2D eigenvalue weighted by molar-refractivity contribution is 7.17. The van der Waals surface area contributed by atoms with E-state index in [1.54, 1.807) is 30.5 Å². The minimum absolute atomic E-state index is 0.0451. The highest BCUT2D eigenvalue weighted by Crippen LogP contribution is 2.34. The van der Waals surface area contributed by atoms with Crippen LogP contribution in [-0.2, 0) is 20.9 Å². The first-order chi connectivity index (χ1) is 21.8. The summed E-state index contributed by atoms with van der Waals surface area (Å²) in [4.78, 5) is 72.3. The Morgan fingerprint density at radius 2 is 2.02 bits per heavy atom. The number of carbonyl (C=O) groups is 5. The maximum atomic E-state index is 13.0. The molecule has 1 saturated carbocycles. The van der Waals surface area contributed by atoms with Crippen LogP contribution in [0.1, 0.15) is 69.7 Å². The predicted octanol–water partition coefficient (Wildman–Crippen LogP) is 2.88. The Morgan fingerprint density at radius 3 is 2.80 bits per heavy atom. The minimum atomic E-state index is -0.680. The molecule has 3 aromatic rings. The molecule has 2 aromatic heterocycles. The third-order valence-corrected chi connectivity index (χ3v) is 8.81. The van der Waals surface area contributed by atoms with Gasteiger partial charge in [-0.2, -0.15) is 0 Å². The first-order valence-corrected chi connectivity index (χ1v) is 15.5. The molecular formula is C32H30N6O6S. The molecule has 0 bridgehead atoms. The van der Waals surface area contributed by atoms with E-state index in [1.165, 1.54) is 23.3 Å². The van der Waals surface area contributed by atoms with Crippen molar-refractivity contribution in [1.29, 1.82) is 0 Å². The lowest BCUT2D eigenvalue weighted by Gasteiger charge is -2.29. The number of hydrogen-bond acceptors (Lipinski definition) is 9. The Kier molecular flexibility index (Phi) is 8.57. The second kappa shape index (κ2) is 12.9. The number of amides is 5. The molecule has 12 nitrogen and oxygen atoms in total. The molecule has 1 unspecified atom stereocenters. The lowest BCUT2D eigenvalue weighted by molar-refractivity contribution is -0.137. The van der Waals surface area contributed by atoms with Crippen LogP contribution in [0.5, 0.6) is 5.88 Å². The number of nitrogens with one attached hydrogen (secondary N) is 3. The van der Waals surface area contributed by atoms with E-state index in [4.69, 9.17) is 4.74 Å². The standard InChI is InChI=1S/C32H30N6O6S/c1-33-29(42)26-30(37-31(45-26)20-13-14-34-24(16-20)35-27(40)19-9-10-19)44-15-4-2-3-6-18-7-5-8-21-22(18)17-38(32(21)43)23-11-12-25(39)36-28(23)41/h5,7-8,13-14,16,19,23H,2,4,9-12,15,17H2,1H3,(H,33,42)(H,34,35,40)(H,36,39,41). The molecule has 5 amide bonds. The van der Waals surface area contributed by atoms with Crippen LogP contribution in [0.2, 0.25) is 0 Å². The largest absolute Gasteiger partial charge is 0.476 e. The second-order valence-electron chi connectivity index (χ2n) is 10.9. The van der Waals surface area contributed by atoms with Crippen LogP contribution >= 0.6 is 11.3 Å². The summed E-state index contributed by atoms with van der Waals surface area (Å²) in [6.45, 7) is 0.532. The summed E-state index contributed by atoms with van der Waals surface area (Å²) in [7, 11) is 1.54. The summed E-state index contributed by atoms with van der Waals surface area (Å²) in [6, 6.07) is 8.15. The Balaban J connectivity index is 1.07. The molecule has 2 aliphatic heterocycles. The molecule has 4 heterocycles. The number of nitrogens with zero attached hydrogens (tertiary/aromatic N) is 3. The van der Waals surface area contributed by atoms with E-state index >= 15 is 0 Å². The molecule has 13 heteroatoms. The zero-order chi connectivity index (χ0) is 31.5. The fourth-order valence-corrected chi connectivity index (χ4v) is 6.13. The molecule has 1 atom stereocenters. The van der Waals surface area contributed by atoms with Crippen molar-refractivity contribution < 1.29 is 28.7 Å². The van der Waals surface area contributed by atoms with Gasteiger partial charge in [0.05, 0.1) is 6.61 Å². The van der Waals surface area contributed by atoms with Gasteiger partial charge in [0.1, 0.15) is 16.9 Å². The molecule has 230 valence electrons. The lowest BCUT2D eigenvalue weighted by atomic mass is 10.0. The number of aromatic nitrogens is 2. The third kappa shape index (κ3) is 6.56. The number of fused-ring (bicyclic) bond motifs is 1. The SMILES string of the molecule is CNC(=O)c1sc(-c2ccnc(NC(=O)C3CC3)c2)nc1OCCCC#Cc1cccc2c1CN(C1CCC(=O)NC1=O)C2=O. The van der Waals surface area contributed by atoms with Crippen molar-refractivity contribution in [3.05, 3.63) is 58.1 Å². The van der Waals surface area contributed by atoms with Gasteiger partial charge in [0.2, 0.25) is 23.6 Å². The molecule has 0 radical (unpaired) electrons. The van der Waals surface area contributed by atoms with E-state index in [1.807, 2.05) is 6.07 Å². The van der Waals surface area contributed by atoms with Crippen molar-refractivity contribution in [2.45, 2.75) is 51.1 Å². The third-order valence-electron chi connectivity index (χ3n) is 7.73. The van der Waals surface area contributed by atoms with Crippen LogP contribution in [0, 0.1) is 17.8 Å². The Morgan fingerprint density at radius 1 is 1.18 bits per heavy atom. The smallest absolute Gasteiger partial charge is 0.266 e. The van der Waals surface area contributed by atoms with Gasteiger partial charge in [-0.15, -0.1) is 11.3 Å². The molecule has 1 aromatic carbocycles. The van der Waals surface area contributed by atoms with E-state index in [-0.39, 0.29) is 55.0 Å². The monoisotopic (exact) mass is 626 g/mol. The molecule has 3 N–H and O–H groups in total. The van der Waals surface area contributed by atoms with Crippen molar-refractivity contribution in [1.82, 2.24) is 25.5 Å². The van der Waals surface area contributed by atoms with Crippen molar-refractivity contribution in [2.24, 2.45) is 5.92 Å². The average Bonchev–Trinajstić information content (AvgIpc) is 3.73. The average molecular weight is 627 g/mol. The number of thiazole rings is 1. The zero-order valence-electron chi connectivity index (χ0n) is 24.5. The summed E-state index contributed by atoms with van der Waals surface area (Å²) in [5.41, 5.74) is 2.71. The molecule has 2 fully saturated rings. The van der Waals surface area contributed by atoms with Crippen molar-refractivity contribution in [3.63, 3.8) is 0 Å². The molecule has 1 saturated heterocycles. The number of pyridine rings is 1. The highest BCUT2D eigenvalue weighted by Gasteiger charge is 2.39. The molecule has 45 heavy (non-hydrogen) atoms. The van der Waals surface area contributed by atoms with E-state index in [9.17, 15) is 24.0 Å². The number of piperidine rings is 1. The van der Waals surface area contributed by atoms with Crippen LogP contribution in [0.15, 0.2) is 36.5 Å². The summed E-state index contributed by atoms with van der Waals surface area (Å²) in [5, 5.41) is 8.33. The molecule has 0 spiro atoms. The molecular weight excluding hydrogens is 596 g/mol. The number of carbonyl (C=O) groups excluding carboxylic acids is 5. The predicted molar refractivity (Wildman–Crippen MR) is 164 cm³/mol. The maximum Gasteiger partial charge on any atom is 0.266 e. The normalized spacial score (nSPS) is 17.2. The first-order valence-electron chi connectivity index (χ1n) is 14.7. The number of ether oxygens (including phenoxy) is 1. The van der Waals surface area contributed by atoms with Crippen LogP contribution in [0.25, 0.3) is 10.6 Å². The maximum absolute atomic E-state index is 13.0. The number of unbranched alkanes of at least 4 members (excludes halogenated alkanes) is 1. The van der Waals surface area contributed by atoms with Gasteiger partial charge in [0, 0.05) is 55.2 Å². The lowest BCUT2D eigenvalue weighted by Crippen LogP contribution is -2.52. The van der Waals surface area contributed by atoms with Crippen molar-refractivity contribution in [3.8, 4) is 28.3 Å². The van der Waals surface area contributed by atoms with Crippen LogP contribution < -0.4 is 20.7 Å². The van der Waals surface area contributed by atoms with Gasteiger partial charge < -0.3 is 20.3 Å². The quantitative estimate of drug-likeness (QED) is 0.186. The number of hydrogen-bond donors (Lipinski definition) is 3. The van der Waals surface area contributed by atoms with E-state index in [2.05, 4.69) is 37.8 Å². The van der Waals surface area contributed by atoms with E-state index in [0.717, 1.165) is 18.4 Å². The summed E-state index contributed by atoms with van der Waals surface area (Å²) in [5.74, 6) is 5.60. The van der Waals surface area contributed by atoms with Crippen LogP contribution in [0.3, 0.4) is 0 Å². The topological polar surface area (TPSA) is 160 Å². The highest BCUT2D eigenvalue weighted by atomic mass is 32.1. The Bertz CT molecular complexity index is 1770. The first kappa shape index (κ1) is 30.0. The molecule has 6 rings (SSSR count). The number of rotatable bonds is 9.